The van der Waals surface area contributed by atoms with Gasteiger partial charge in [-0.15, -0.1) is 0 Å². The van der Waals surface area contributed by atoms with Gasteiger partial charge >= 0.3 is 12.1 Å². The van der Waals surface area contributed by atoms with Crippen LogP contribution in [-0.2, 0) is 4.79 Å². The quantitative estimate of drug-likeness (QED) is 0.795. The molecule has 3 nitrogen and oxygen atoms in total. The second kappa shape index (κ2) is 4.61. The standard InChI is InChI=1S/C10H16F3NO2/c1-6-3-7(6)4-14(2)5-8(9(15)16)10(11,12)13/h6-8H,3-5H2,1-2H3,(H,15,16). The number of carbonyl (C=O) groups is 1. The molecule has 0 spiro atoms. The van der Waals surface area contributed by atoms with Crippen LogP contribution >= 0.6 is 0 Å². The van der Waals surface area contributed by atoms with Gasteiger partial charge in [0.25, 0.3) is 0 Å². The van der Waals surface area contributed by atoms with Gasteiger partial charge in [-0.1, -0.05) is 6.92 Å². The first kappa shape index (κ1) is 13.3. The third-order valence-electron chi connectivity index (χ3n) is 3.01. The van der Waals surface area contributed by atoms with E-state index in [1.54, 1.807) is 0 Å². The smallest absolute Gasteiger partial charge is 0.403 e. The Morgan fingerprint density at radius 3 is 2.38 bits per heavy atom. The predicted octanol–water partition coefficient (Wildman–Crippen LogP) is 1.84. The number of halogens is 3. The van der Waals surface area contributed by atoms with Crippen LogP contribution in [0.25, 0.3) is 0 Å². The van der Waals surface area contributed by atoms with Crippen molar-refractivity contribution in [2.75, 3.05) is 20.1 Å². The fourth-order valence-electron chi connectivity index (χ4n) is 1.76. The van der Waals surface area contributed by atoms with Crippen molar-refractivity contribution in [2.45, 2.75) is 19.5 Å². The molecule has 0 aromatic rings. The molecule has 0 amide bonds. The van der Waals surface area contributed by atoms with Gasteiger partial charge in [0, 0.05) is 13.1 Å². The first-order chi connectivity index (χ1) is 7.21. The zero-order valence-corrected chi connectivity index (χ0v) is 9.29. The van der Waals surface area contributed by atoms with Crippen molar-refractivity contribution < 1.29 is 23.1 Å². The molecule has 0 heterocycles. The average Bonchev–Trinajstić information content (AvgIpc) is 2.75. The van der Waals surface area contributed by atoms with E-state index in [9.17, 15) is 18.0 Å². The summed E-state index contributed by atoms with van der Waals surface area (Å²) in [6, 6.07) is 0. The molecule has 0 aliphatic heterocycles. The van der Waals surface area contributed by atoms with Crippen molar-refractivity contribution in [1.29, 1.82) is 0 Å². The highest BCUT2D eigenvalue weighted by Gasteiger charge is 2.46. The number of carboxylic acids is 1. The van der Waals surface area contributed by atoms with Gasteiger partial charge in [-0.05, 0) is 25.3 Å². The zero-order chi connectivity index (χ0) is 12.5. The second-order valence-corrected chi connectivity index (χ2v) is 4.63. The van der Waals surface area contributed by atoms with E-state index >= 15 is 0 Å². The minimum Gasteiger partial charge on any atom is -0.481 e. The van der Waals surface area contributed by atoms with Crippen LogP contribution in [0.3, 0.4) is 0 Å². The Morgan fingerprint density at radius 2 is 2.06 bits per heavy atom. The molecule has 3 unspecified atom stereocenters. The Morgan fingerprint density at radius 1 is 1.56 bits per heavy atom. The molecule has 1 rings (SSSR count). The van der Waals surface area contributed by atoms with Crippen LogP contribution in [0.5, 0.6) is 0 Å². The van der Waals surface area contributed by atoms with Crippen LogP contribution in [0.4, 0.5) is 13.2 Å². The number of hydrogen-bond donors (Lipinski definition) is 1. The maximum absolute atomic E-state index is 12.4. The van der Waals surface area contributed by atoms with Gasteiger partial charge in [0.15, 0.2) is 5.92 Å². The maximum atomic E-state index is 12.4. The Balaban J connectivity index is 2.45. The fourth-order valence-corrected chi connectivity index (χ4v) is 1.76. The van der Waals surface area contributed by atoms with Crippen LogP contribution < -0.4 is 0 Å². The van der Waals surface area contributed by atoms with Crippen molar-refractivity contribution >= 4 is 5.97 Å². The lowest BCUT2D eigenvalue weighted by Crippen LogP contribution is -2.40. The maximum Gasteiger partial charge on any atom is 0.403 e. The van der Waals surface area contributed by atoms with Gasteiger partial charge in [0.05, 0.1) is 0 Å². The van der Waals surface area contributed by atoms with Gasteiger partial charge in [0.2, 0.25) is 0 Å². The molecule has 1 saturated carbocycles. The van der Waals surface area contributed by atoms with E-state index in [0.717, 1.165) is 6.42 Å². The molecule has 1 N–H and O–H groups in total. The number of aliphatic carboxylic acids is 1. The topological polar surface area (TPSA) is 40.5 Å². The van der Waals surface area contributed by atoms with E-state index in [2.05, 4.69) is 0 Å². The summed E-state index contributed by atoms with van der Waals surface area (Å²) in [7, 11) is 1.53. The fraction of sp³-hybridized carbons (Fsp3) is 0.900. The second-order valence-electron chi connectivity index (χ2n) is 4.63. The molecular formula is C10H16F3NO2. The summed E-state index contributed by atoms with van der Waals surface area (Å²) >= 11 is 0. The normalized spacial score (nSPS) is 26.9. The number of hydrogen-bond acceptors (Lipinski definition) is 2. The van der Waals surface area contributed by atoms with Crippen molar-refractivity contribution in [3.63, 3.8) is 0 Å². The lowest BCUT2D eigenvalue weighted by molar-refractivity contribution is -0.196. The van der Waals surface area contributed by atoms with Gasteiger partial charge in [-0.3, -0.25) is 4.79 Å². The predicted molar refractivity (Wildman–Crippen MR) is 51.9 cm³/mol. The van der Waals surface area contributed by atoms with Crippen LogP contribution in [0, 0.1) is 17.8 Å². The minimum atomic E-state index is -4.67. The van der Waals surface area contributed by atoms with E-state index in [1.807, 2.05) is 6.92 Å². The molecule has 6 heteroatoms. The van der Waals surface area contributed by atoms with E-state index in [0.29, 0.717) is 18.4 Å². The number of rotatable bonds is 5. The molecule has 0 saturated heterocycles. The van der Waals surface area contributed by atoms with Gasteiger partial charge in [0.1, 0.15) is 0 Å². The minimum absolute atomic E-state index is 0.424. The van der Waals surface area contributed by atoms with Crippen molar-refractivity contribution in [3.05, 3.63) is 0 Å². The van der Waals surface area contributed by atoms with E-state index in [4.69, 9.17) is 5.11 Å². The monoisotopic (exact) mass is 239 g/mol. The lowest BCUT2D eigenvalue weighted by atomic mass is 10.1. The summed E-state index contributed by atoms with van der Waals surface area (Å²) in [4.78, 5) is 12.0. The van der Waals surface area contributed by atoms with Crippen LogP contribution in [0.1, 0.15) is 13.3 Å². The van der Waals surface area contributed by atoms with Crippen LogP contribution in [-0.4, -0.2) is 42.3 Å². The summed E-state index contributed by atoms with van der Waals surface area (Å²) in [6.45, 7) is 2.11. The molecule has 1 fully saturated rings. The zero-order valence-electron chi connectivity index (χ0n) is 9.29. The molecule has 0 aromatic carbocycles. The first-order valence-electron chi connectivity index (χ1n) is 5.20. The Labute approximate surface area is 92.2 Å². The number of nitrogens with zero attached hydrogens (tertiary/aromatic N) is 1. The van der Waals surface area contributed by atoms with Gasteiger partial charge in [-0.2, -0.15) is 13.2 Å². The van der Waals surface area contributed by atoms with Crippen molar-refractivity contribution in [1.82, 2.24) is 4.90 Å². The summed E-state index contributed by atoms with van der Waals surface area (Å²) in [5.41, 5.74) is 0. The third-order valence-corrected chi connectivity index (χ3v) is 3.01. The average molecular weight is 239 g/mol. The first-order valence-corrected chi connectivity index (χ1v) is 5.20. The molecule has 1 aliphatic rings. The SMILES string of the molecule is CC1CC1CN(C)CC(C(=O)O)C(F)(F)F. The third kappa shape index (κ3) is 3.66. The Bertz CT molecular complexity index is 267. The van der Waals surface area contributed by atoms with E-state index in [1.165, 1.54) is 11.9 Å². The molecule has 1 aliphatic carbocycles. The molecule has 0 aromatic heterocycles. The molecular weight excluding hydrogens is 223 g/mol. The highest BCUT2D eigenvalue weighted by atomic mass is 19.4. The molecule has 0 bridgehead atoms. The van der Waals surface area contributed by atoms with E-state index < -0.39 is 24.6 Å². The molecule has 3 atom stereocenters. The summed E-state index contributed by atoms with van der Waals surface area (Å²) in [6.07, 6.45) is -3.65. The number of alkyl halides is 3. The van der Waals surface area contributed by atoms with Gasteiger partial charge in [-0.25, -0.2) is 0 Å². The summed E-state index contributed by atoms with van der Waals surface area (Å²) in [5, 5.41) is 8.51. The Hall–Kier alpha value is -0.780. The molecule has 0 radical (unpaired) electrons. The van der Waals surface area contributed by atoms with Crippen molar-refractivity contribution in [2.24, 2.45) is 17.8 Å². The van der Waals surface area contributed by atoms with Gasteiger partial charge < -0.3 is 10.0 Å². The lowest BCUT2D eigenvalue weighted by Gasteiger charge is -2.23. The summed E-state index contributed by atoms with van der Waals surface area (Å²) < 4.78 is 37.1. The summed E-state index contributed by atoms with van der Waals surface area (Å²) in [5.74, 6) is -3.11. The largest absolute Gasteiger partial charge is 0.481 e. The highest BCUT2D eigenvalue weighted by Crippen LogP contribution is 2.38. The molecule has 94 valence electrons. The molecule has 16 heavy (non-hydrogen) atoms. The Kier molecular flexibility index (Phi) is 3.83. The van der Waals surface area contributed by atoms with Crippen LogP contribution in [0.15, 0.2) is 0 Å². The van der Waals surface area contributed by atoms with Crippen LogP contribution in [0.2, 0.25) is 0 Å². The number of carboxylic acid groups (broad SMARTS) is 1. The highest BCUT2D eigenvalue weighted by molar-refractivity contribution is 5.71. The van der Waals surface area contributed by atoms with Crippen molar-refractivity contribution in [3.8, 4) is 0 Å². The van der Waals surface area contributed by atoms with E-state index in [-0.39, 0.29) is 0 Å².